The molecule has 0 aromatic rings. The van der Waals surface area contributed by atoms with Crippen LogP contribution in [0.2, 0.25) is 0 Å². The molecule has 0 bridgehead atoms. The van der Waals surface area contributed by atoms with Crippen LogP contribution in [0.5, 0.6) is 0 Å². The molecule has 158 valence electrons. The van der Waals surface area contributed by atoms with Crippen molar-refractivity contribution in [1.29, 1.82) is 0 Å². The van der Waals surface area contributed by atoms with Crippen molar-refractivity contribution in [1.82, 2.24) is 16.0 Å². The van der Waals surface area contributed by atoms with E-state index in [1.165, 1.54) is 13.8 Å². The lowest BCUT2D eigenvalue weighted by molar-refractivity contribution is -0.143. The van der Waals surface area contributed by atoms with Crippen molar-refractivity contribution in [2.24, 2.45) is 11.5 Å². The minimum atomic E-state index is -1.55. The minimum Gasteiger partial charge on any atom is -0.481 e. The first-order valence-corrected chi connectivity index (χ1v) is 8.24. The SMILES string of the molecule is CC(N)C(=O)NC(C)C(=O)NC(CC(N)=O)C(=O)NC(CCC(=O)O)C(=O)O. The molecule has 4 unspecified atom stereocenters. The fourth-order valence-corrected chi connectivity index (χ4v) is 1.92. The summed E-state index contributed by atoms with van der Waals surface area (Å²) >= 11 is 0. The molecule has 0 aliphatic heterocycles. The van der Waals surface area contributed by atoms with Crippen LogP contribution in [0.3, 0.4) is 0 Å². The Bertz CT molecular complexity index is 636. The molecular weight excluding hydrogens is 378 g/mol. The zero-order valence-corrected chi connectivity index (χ0v) is 15.4. The van der Waals surface area contributed by atoms with Gasteiger partial charge in [-0.25, -0.2) is 4.79 Å². The maximum atomic E-state index is 12.3. The quantitative estimate of drug-likeness (QED) is 0.172. The fraction of sp³-hybridized carbons (Fsp3) is 0.600. The highest BCUT2D eigenvalue weighted by atomic mass is 16.4. The third-order valence-corrected chi connectivity index (χ3v) is 3.47. The molecule has 28 heavy (non-hydrogen) atoms. The van der Waals surface area contributed by atoms with Gasteiger partial charge >= 0.3 is 11.9 Å². The van der Waals surface area contributed by atoms with Gasteiger partial charge in [-0.2, -0.15) is 0 Å². The van der Waals surface area contributed by atoms with E-state index in [9.17, 15) is 28.8 Å². The minimum absolute atomic E-state index is 0.408. The molecule has 0 aromatic heterocycles. The van der Waals surface area contributed by atoms with E-state index in [0.29, 0.717) is 0 Å². The molecule has 0 aliphatic rings. The Morgan fingerprint density at radius 1 is 0.857 bits per heavy atom. The van der Waals surface area contributed by atoms with Gasteiger partial charge in [-0.1, -0.05) is 0 Å². The van der Waals surface area contributed by atoms with E-state index < -0.39 is 79.0 Å². The Morgan fingerprint density at radius 3 is 1.82 bits per heavy atom. The molecule has 0 spiro atoms. The summed E-state index contributed by atoms with van der Waals surface area (Å²) in [5, 5.41) is 24.2. The summed E-state index contributed by atoms with van der Waals surface area (Å²) in [5.41, 5.74) is 10.4. The van der Waals surface area contributed by atoms with E-state index in [0.717, 1.165) is 0 Å². The number of primary amides is 1. The molecular formula is C15H25N5O8. The maximum Gasteiger partial charge on any atom is 0.326 e. The number of carbonyl (C=O) groups is 6. The van der Waals surface area contributed by atoms with Gasteiger partial charge in [0.2, 0.25) is 23.6 Å². The number of nitrogens with one attached hydrogen (secondary N) is 3. The third kappa shape index (κ3) is 9.47. The lowest BCUT2D eigenvalue weighted by atomic mass is 10.1. The molecule has 4 amide bonds. The standard InChI is InChI=1S/C15H25N5O8/c1-6(16)12(24)18-7(2)13(25)20-9(5-10(17)21)14(26)19-8(15(27)28)3-4-11(22)23/h6-9H,3-5,16H2,1-2H3,(H2,17,21)(H,18,24)(H,19,26)(H,20,25)(H,22,23)(H,27,28). The van der Waals surface area contributed by atoms with Crippen molar-refractivity contribution in [2.75, 3.05) is 0 Å². The van der Waals surface area contributed by atoms with E-state index in [1.54, 1.807) is 0 Å². The average Bonchev–Trinajstić information content (AvgIpc) is 2.56. The molecule has 0 saturated heterocycles. The normalized spacial score (nSPS) is 14.7. The Balaban J connectivity index is 5.12. The molecule has 0 aromatic carbocycles. The number of carboxylic acid groups (broad SMARTS) is 2. The van der Waals surface area contributed by atoms with E-state index in [4.69, 9.17) is 21.7 Å². The van der Waals surface area contributed by atoms with Crippen LogP contribution in [0.25, 0.3) is 0 Å². The maximum absolute atomic E-state index is 12.3. The smallest absolute Gasteiger partial charge is 0.326 e. The molecule has 0 radical (unpaired) electrons. The average molecular weight is 403 g/mol. The number of nitrogens with two attached hydrogens (primary N) is 2. The van der Waals surface area contributed by atoms with Crippen LogP contribution in [0.15, 0.2) is 0 Å². The summed E-state index contributed by atoms with van der Waals surface area (Å²) in [5.74, 6) is -6.22. The lowest BCUT2D eigenvalue weighted by Crippen LogP contribution is -2.56. The van der Waals surface area contributed by atoms with Gasteiger partial charge in [-0.05, 0) is 20.3 Å². The number of carboxylic acids is 2. The number of carbonyl (C=O) groups excluding carboxylic acids is 4. The molecule has 13 nitrogen and oxygen atoms in total. The number of rotatable bonds is 12. The zero-order chi connectivity index (χ0) is 22.0. The van der Waals surface area contributed by atoms with Gasteiger partial charge < -0.3 is 37.6 Å². The third-order valence-electron chi connectivity index (χ3n) is 3.47. The van der Waals surface area contributed by atoms with Gasteiger partial charge in [0.1, 0.15) is 18.1 Å². The van der Waals surface area contributed by atoms with Gasteiger partial charge in [0.15, 0.2) is 0 Å². The monoisotopic (exact) mass is 403 g/mol. The molecule has 0 rings (SSSR count). The van der Waals surface area contributed by atoms with Gasteiger partial charge in [0.25, 0.3) is 0 Å². The van der Waals surface area contributed by atoms with Crippen molar-refractivity contribution < 1.29 is 39.0 Å². The topological polar surface area (TPSA) is 231 Å². The molecule has 0 saturated carbocycles. The summed E-state index contributed by atoms with van der Waals surface area (Å²) in [7, 11) is 0. The van der Waals surface area contributed by atoms with Gasteiger partial charge in [-0.15, -0.1) is 0 Å². The summed E-state index contributed by atoms with van der Waals surface area (Å²) in [6.45, 7) is 2.70. The predicted octanol–water partition coefficient (Wildman–Crippen LogP) is -3.37. The van der Waals surface area contributed by atoms with Crippen LogP contribution < -0.4 is 27.4 Å². The highest BCUT2D eigenvalue weighted by Crippen LogP contribution is 2.01. The van der Waals surface area contributed by atoms with Crippen LogP contribution in [-0.2, 0) is 28.8 Å². The molecule has 4 atom stereocenters. The fourth-order valence-electron chi connectivity index (χ4n) is 1.92. The summed E-state index contributed by atoms with van der Waals surface area (Å²) < 4.78 is 0. The van der Waals surface area contributed by atoms with Crippen LogP contribution in [-0.4, -0.2) is 69.9 Å². The Labute approximate surface area is 160 Å². The largest absolute Gasteiger partial charge is 0.481 e. The lowest BCUT2D eigenvalue weighted by Gasteiger charge is -2.22. The zero-order valence-electron chi connectivity index (χ0n) is 15.4. The summed E-state index contributed by atoms with van der Waals surface area (Å²) in [4.78, 5) is 68.9. The first-order valence-electron chi connectivity index (χ1n) is 8.24. The predicted molar refractivity (Wildman–Crippen MR) is 93.4 cm³/mol. The second-order valence-corrected chi connectivity index (χ2v) is 6.08. The number of hydrogen-bond donors (Lipinski definition) is 7. The Kier molecular flexibility index (Phi) is 10.2. The highest BCUT2D eigenvalue weighted by Gasteiger charge is 2.29. The van der Waals surface area contributed by atoms with Crippen molar-refractivity contribution in [3.63, 3.8) is 0 Å². The Morgan fingerprint density at radius 2 is 1.39 bits per heavy atom. The van der Waals surface area contributed by atoms with Gasteiger partial charge in [0.05, 0.1) is 12.5 Å². The van der Waals surface area contributed by atoms with E-state index in [2.05, 4.69) is 10.6 Å². The Hall–Kier alpha value is -3.22. The van der Waals surface area contributed by atoms with Crippen LogP contribution >= 0.6 is 0 Å². The molecule has 0 fully saturated rings. The van der Waals surface area contributed by atoms with E-state index >= 15 is 0 Å². The van der Waals surface area contributed by atoms with Crippen molar-refractivity contribution in [3.8, 4) is 0 Å². The van der Waals surface area contributed by atoms with Crippen molar-refractivity contribution in [2.45, 2.75) is 57.3 Å². The van der Waals surface area contributed by atoms with Crippen LogP contribution in [0.1, 0.15) is 33.1 Å². The summed E-state index contributed by atoms with van der Waals surface area (Å²) in [6, 6.07) is -5.06. The number of amides is 4. The first kappa shape index (κ1) is 24.8. The number of aliphatic carboxylic acids is 2. The second kappa shape index (κ2) is 11.5. The van der Waals surface area contributed by atoms with Crippen LogP contribution in [0.4, 0.5) is 0 Å². The molecule has 0 aliphatic carbocycles. The van der Waals surface area contributed by atoms with Gasteiger partial charge in [0, 0.05) is 6.42 Å². The molecule has 13 heteroatoms. The molecule has 0 heterocycles. The number of hydrogen-bond acceptors (Lipinski definition) is 7. The first-order chi connectivity index (χ1) is 12.8. The second-order valence-electron chi connectivity index (χ2n) is 6.08. The summed E-state index contributed by atoms with van der Waals surface area (Å²) in [6.07, 6.45) is -1.57. The van der Waals surface area contributed by atoms with E-state index in [1.807, 2.05) is 5.32 Å². The molecule has 9 N–H and O–H groups in total. The van der Waals surface area contributed by atoms with E-state index in [-0.39, 0.29) is 0 Å². The van der Waals surface area contributed by atoms with Crippen molar-refractivity contribution >= 4 is 35.6 Å². The van der Waals surface area contributed by atoms with Crippen molar-refractivity contribution in [3.05, 3.63) is 0 Å². The van der Waals surface area contributed by atoms with Gasteiger partial charge in [-0.3, -0.25) is 24.0 Å². The highest BCUT2D eigenvalue weighted by molar-refractivity contribution is 5.95. The van der Waals surface area contributed by atoms with Crippen LogP contribution in [0, 0.1) is 0 Å².